The van der Waals surface area contributed by atoms with Gasteiger partial charge in [-0.05, 0) is 6.42 Å². The van der Waals surface area contributed by atoms with E-state index in [1.807, 2.05) is 6.92 Å². The summed E-state index contributed by atoms with van der Waals surface area (Å²) in [6, 6.07) is 0. The molecule has 0 aromatic rings. The van der Waals surface area contributed by atoms with Crippen molar-refractivity contribution >= 4 is 17.5 Å². The van der Waals surface area contributed by atoms with Gasteiger partial charge >= 0.3 is 5.97 Å². The van der Waals surface area contributed by atoms with Crippen LogP contribution in [0.25, 0.3) is 0 Å². The van der Waals surface area contributed by atoms with Gasteiger partial charge in [0.1, 0.15) is 6.61 Å². The Morgan fingerprint density at radius 3 is 2.46 bits per heavy atom. The molecule has 0 saturated carbocycles. The third-order valence-corrected chi connectivity index (χ3v) is 1.28. The van der Waals surface area contributed by atoms with Crippen molar-refractivity contribution in [2.45, 2.75) is 26.7 Å². The largest absolute Gasteiger partial charge is 0.476 e. The lowest BCUT2D eigenvalue weighted by atomic mass is 10.3. The van der Waals surface area contributed by atoms with Crippen molar-refractivity contribution in [1.82, 2.24) is 0 Å². The summed E-state index contributed by atoms with van der Waals surface area (Å²) in [5, 5.41) is 11.7. The van der Waals surface area contributed by atoms with Crippen molar-refractivity contribution in [3.8, 4) is 0 Å². The van der Waals surface area contributed by atoms with E-state index in [4.69, 9.17) is 5.11 Å². The van der Waals surface area contributed by atoms with Crippen LogP contribution in [0.15, 0.2) is 5.16 Å². The summed E-state index contributed by atoms with van der Waals surface area (Å²) in [6.07, 6.45) is 1.71. The van der Waals surface area contributed by atoms with E-state index in [1.165, 1.54) is 0 Å². The molecule has 0 spiro atoms. The first-order valence-corrected chi connectivity index (χ1v) is 4.03. The zero-order chi connectivity index (χ0) is 10.3. The molecule has 0 bridgehead atoms. The number of ketones is 1. The maximum atomic E-state index is 10.7. The number of carbonyl (C=O) groups is 2. The number of carboxylic acid groups (broad SMARTS) is 1. The van der Waals surface area contributed by atoms with E-state index in [1.54, 1.807) is 0 Å². The monoisotopic (exact) mass is 187 g/mol. The fourth-order valence-electron chi connectivity index (χ4n) is 0.573. The number of unbranched alkanes of at least 4 members (excludes halogenated alkanes) is 1. The predicted molar refractivity (Wildman–Crippen MR) is 46.6 cm³/mol. The quantitative estimate of drug-likeness (QED) is 0.289. The molecule has 0 saturated heterocycles. The van der Waals surface area contributed by atoms with E-state index in [-0.39, 0.29) is 0 Å². The van der Waals surface area contributed by atoms with E-state index < -0.39 is 17.5 Å². The fourth-order valence-corrected chi connectivity index (χ4v) is 0.573. The Morgan fingerprint density at radius 2 is 2.08 bits per heavy atom. The minimum absolute atomic E-state index is 0.334. The molecule has 13 heavy (non-hydrogen) atoms. The minimum Gasteiger partial charge on any atom is -0.476 e. The molecule has 0 aromatic carbocycles. The van der Waals surface area contributed by atoms with Gasteiger partial charge < -0.3 is 9.94 Å². The molecule has 74 valence electrons. The molecule has 0 aliphatic rings. The zero-order valence-corrected chi connectivity index (χ0v) is 7.74. The SMILES string of the molecule is CCCCON=C(C(C)=O)C(=O)O. The van der Waals surface area contributed by atoms with Gasteiger partial charge in [-0.25, -0.2) is 4.79 Å². The molecule has 0 unspecified atom stereocenters. The Morgan fingerprint density at radius 1 is 1.46 bits per heavy atom. The number of carbonyl (C=O) groups excluding carboxylic acids is 1. The zero-order valence-electron chi connectivity index (χ0n) is 7.74. The number of carboxylic acids is 1. The molecule has 0 fully saturated rings. The van der Waals surface area contributed by atoms with Gasteiger partial charge in [-0.3, -0.25) is 4.79 Å². The molecular formula is C8H13NO4. The third-order valence-electron chi connectivity index (χ3n) is 1.28. The molecule has 5 nitrogen and oxygen atoms in total. The van der Waals surface area contributed by atoms with Gasteiger partial charge in [-0.1, -0.05) is 18.5 Å². The first-order chi connectivity index (χ1) is 6.09. The average Bonchev–Trinajstić information content (AvgIpc) is 2.02. The summed E-state index contributed by atoms with van der Waals surface area (Å²) in [5.41, 5.74) is -0.559. The van der Waals surface area contributed by atoms with Crippen molar-refractivity contribution in [2.75, 3.05) is 6.61 Å². The molecule has 0 aliphatic heterocycles. The summed E-state index contributed by atoms with van der Waals surface area (Å²) < 4.78 is 0. The number of nitrogens with zero attached hydrogens (tertiary/aromatic N) is 1. The van der Waals surface area contributed by atoms with E-state index in [2.05, 4.69) is 9.99 Å². The molecule has 0 heterocycles. The van der Waals surface area contributed by atoms with Crippen LogP contribution in [0.1, 0.15) is 26.7 Å². The van der Waals surface area contributed by atoms with Crippen molar-refractivity contribution in [3.63, 3.8) is 0 Å². The maximum absolute atomic E-state index is 10.7. The van der Waals surface area contributed by atoms with Crippen LogP contribution in [0.2, 0.25) is 0 Å². The average molecular weight is 187 g/mol. The Bertz CT molecular complexity index is 206. The Balaban J connectivity index is 4.06. The lowest BCUT2D eigenvalue weighted by molar-refractivity contribution is -0.130. The summed E-state index contributed by atoms with van der Waals surface area (Å²) in [6.45, 7) is 3.44. The van der Waals surface area contributed by atoms with Crippen molar-refractivity contribution in [1.29, 1.82) is 0 Å². The van der Waals surface area contributed by atoms with Gasteiger partial charge in [0, 0.05) is 6.92 Å². The van der Waals surface area contributed by atoms with Gasteiger partial charge in [0.25, 0.3) is 0 Å². The fraction of sp³-hybridized carbons (Fsp3) is 0.625. The van der Waals surface area contributed by atoms with Crippen LogP contribution in [0.4, 0.5) is 0 Å². The van der Waals surface area contributed by atoms with Crippen LogP contribution in [0, 0.1) is 0 Å². The second kappa shape index (κ2) is 6.16. The van der Waals surface area contributed by atoms with E-state index in [0.29, 0.717) is 6.61 Å². The lowest BCUT2D eigenvalue weighted by Crippen LogP contribution is -2.21. The standard InChI is InChI=1S/C8H13NO4/c1-3-4-5-13-9-7(6(2)10)8(11)12/h3-5H2,1-2H3,(H,11,12). The molecular weight excluding hydrogens is 174 g/mol. The van der Waals surface area contributed by atoms with Gasteiger partial charge in [0.15, 0.2) is 5.78 Å². The van der Waals surface area contributed by atoms with Crippen LogP contribution < -0.4 is 0 Å². The highest BCUT2D eigenvalue weighted by Gasteiger charge is 2.15. The van der Waals surface area contributed by atoms with Gasteiger partial charge in [-0.2, -0.15) is 0 Å². The van der Waals surface area contributed by atoms with Crippen LogP contribution in [-0.2, 0) is 14.4 Å². The predicted octanol–water partition coefficient (Wildman–Crippen LogP) is 0.833. The highest BCUT2D eigenvalue weighted by molar-refractivity contribution is 6.63. The summed E-state index contributed by atoms with van der Waals surface area (Å²) in [5.74, 6) is -1.96. The maximum Gasteiger partial charge on any atom is 0.361 e. The molecule has 0 aliphatic carbocycles. The molecule has 0 aromatic heterocycles. The van der Waals surface area contributed by atoms with E-state index in [9.17, 15) is 9.59 Å². The van der Waals surface area contributed by atoms with Crippen molar-refractivity contribution in [3.05, 3.63) is 0 Å². The highest BCUT2D eigenvalue weighted by atomic mass is 16.6. The number of aliphatic carboxylic acids is 1. The van der Waals surface area contributed by atoms with Crippen molar-refractivity contribution in [2.24, 2.45) is 5.16 Å². The topological polar surface area (TPSA) is 76.0 Å². The third kappa shape index (κ3) is 4.95. The summed E-state index contributed by atoms with van der Waals surface area (Å²) in [7, 11) is 0. The molecule has 1 N–H and O–H groups in total. The molecule has 0 atom stereocenters. The number of rotatable bonds is 6. The van der Waals surface area contributed by atoms with E-state index >= 15 is 0 Å². The Hall–Kier alpha value is -1.39. The van der Waals surface area contributed by atoms with E-state index in [0.717, 1.165) is 19.8 Å². The summed E-state index contributed by atoms with van der Waals surface area (Å²) in [4.78, 5) is 25.7. The number of Topliss-reactive ketones (excluding diaryl/α,β-unsaturated/α-hetero) is 1. The smallest absolute Gasteiger partial charge is 0.361 e. The minimum atomic E-state index is -1.36. The van der Waals surface area contributed by atoms with Crippen LogP contribution in [0.5, 0.6) is 0 Å². The van der Waals surface area contributed by atoms with Gasteiger partial charge in [-0.15, -0.1) is 0 Å². The molecule has 5 heteroatoms. The Kier molecular flexibility index (Phi) is 5.50. The number of hydrogen-bond donors (Lipinski definition) is 1. The molecule has 0 amide bonds. The molecule has 0 rings (SSSR count). The van der Waals surface area contributed by atoms with Gasteiger partial charge in [0.05, 0.1) is 0 Å². The highest BCUT2D eigenvalue weighted by Crippen LogP contribution is 1.90. The normalized spacial score (nSPS) is 11.1. The van der Waals surface area contributed by atoms with Crippen molar-refractivity contribution < 1.29 is 19.5 Å². The van der Waals surface area contributed by atoms with Crippen LogP contribution >= 0.6 is 0 Å². The second-order valence-corrected chi connectivity index (χ2v) is 2.49. The second-order valence-electron chi connectivity index (χ2n) is 2.49. The van der Waals surface area contributed by atoms with Crippen LogP contribution in [0.3, 0.4) is 0 Å². The molecule has 0 radical (unpaired) electrons. The van der Waals surface area contributed by atoms with Gasteiger partial charge in [0.2, 0.25) is 5.71 Å². The first kappa shape index (κ1) is 11.6. The first-order valence-electron chi connectivity index (χ1n) is 4.03. The van der Waals surface area contributed by atoms with Crippen LogP contribution in [-0.4, -0.2) is 29.2 Å². The summed E-state index contributed by atoms with van der Waals surface area (Å²) >= 11 is 0. The number of oxime groups is 1. The number of hydrogen-bond acceptors (Lipinski definition) is 4. The Labute approximate surface area is 76.4 Å². The lowest BCUT2D eigenvalue weighted by Gasteiger charge is -1.98.